The average molecular weight is 853 g/mol. The van der Waals surface area contributed by atoms with E-state index in [-0.39, 0.29) is 21.7 Å². The Bertz CT molecular complexity index is 3630. The number of nitrogens with zero attached hydrogens (tertiary/aromatic N) is 1. The minimum Gasteiger partial charge on any atom is -0.456 e. The second kappa shape index (κ2) is 13.2. The summed E-state index contributed by atoms with van der Waals surface area (Å²) in [5.41, 5.74) is 20.5. The number of thiophene rings is 1. The van der Waals surface area contributed by atoms with Gasteiger partial charge in [-0.3, -0.25) is 0 Å². The fourth-order valence-corrected chi connectivity index (χ4v) is 12.5. The molecule has 318 valence electrons. The molecule has 64 heavy (non-hydrogen) atoms. The molecule has 0 fully saturated rings. The lowest BCUT2D eigenvalue weighted by molar-refractivity contribution is 0.332. The predicted molar refractivity (Wildman–Crippen MR) is 280 cm³/mol. The molecule has 10 aromatic rings. The fraction of sp³-hybridized carbons (Fsp3) is 0.288. The van der Waals surface area contributed by atoms with Crippen molar-refractivity contribution in [1.82, 2.24) is 4.57 Å². The third kappa shape index (κ3) is 5.85. The molecule has 0 bridgehead atoms. The summed E-state index contributed by atoms with van der Waals surface area (Å²) in [6.45, 7) is 25.9. The van der Waals surface area contributed by atoms with Crippen molar-refractivity contribution >= 4 is 105 Å². The first-order valence-electron chi connectivity index (χ1n) is 23.3. The molecule has 1 aliphatic carbocycles. The number of hydrogen-bond acceptors (Lipinski definition) is 3. The average Bonchev–Trinajstić information content (AvgIpc) is 3.91. The van der Waals surface area contributed by atoms with Crippen molar-refractivity contribution in [2.45, 2.75) is 111 Å². The normalized spacial score (nSPS) is 15.7. The number of aromatic nitrogens is 1. The monoisotopic (exact) mass is 852 g/mol. The molecule has 1 N–H and O–H groups in total. The Labute approximate surface area is 381 Å². The molecule has 3 nitrogen and oxygen atoms in total. The quantitative estimate of drug-likeness (QED) is 0.180. The van der Waals surface area contributed by atoms with Crippen LogP contribution in [-0.4, -0.2) is 11.8 Å². The van der Waals surface area contributed by atoms with Gasteiger partial charge in [0.2, 0.25) is 0 Å². The highest BCUT2D eigenvalue weighted by molar-refractivity contribution is 7.25. The van der Waals surface area contributed by atoms with Crippen LogP contribution in [0.4, 0.5) is 11.4 Å². The van der Waals surface area contributed by atoms with Gasteiger partial charge in [-0.1, -0.05) is 123 Å². The third-order valence-corrected chi connectivity index (χ3v) is 16.4. The Hall–Kier alpha value is -5.78. The molecule has 1 aliphatic heterocycles. The van der Waals surface area contributed by atoms with Crippen molar-refractivity contribution in [2.75, 3.05) is 5.32 Å². The highest BCUT2D eigenvalue weighted by Gasteiger charge is 2.38. The van der Waals surface area contributed by atoms with Crippen molar-refractivity contribution < 1.29 is 4.42 Å². The van der Waals surface area contributed by atoms with Crippen molar-refractivity contribution in [2.24, 2.45) is 0 Å². The van der Waals surface area contributed by atoms with Crippen molar-refractivity contribution in [3.05, 3.63) is 137 Å². The van der Waals surface area contributed by atoms with Gasteiger partial charge < -0.3 is 14.3 Å². The van der Waals surface area contributed by atoms with Crippen LogP contribution in [0.25, 0.3) is 80.7 Å². The van der Waals surface area contributed by atoms with Crippen LogP contribution in [0.15, 0.2) is 114 Å². The standard InChI is InChI=1S/C59H57BN2OS/c1-32-24-41(54-55-53(32)42-26-38-36-14-12-13-15-49(36)63-50(38)31-48(42)62(55)47-21-18-34(57(5,6)7)25-45(47)60-54)37-29-51-40(28-46(37)61-35-19-16-33(17-20-35)56(2,3)4)39-27-43-44(30-52(39)64-51)59(10,11)23-22-58(43,8)9/h12-21,24-31,60-61H,22-23H2,1-11H3. The summed E-state index contributed by atoms with van der Waals surface area (Å²) < 4.78 is 11.9. The van der Waals surface area contributed by atoms with Crippen molar-refractivity contribution in [3.8, 4) is 16.8 Å². The number of para-hydroxylation sites is 1. The molecule has 12 rings (SSSR count). The van der Waals surface area contributed by atoms with Crippen LogP contribution in [0.3, 0.4) is 0 Å². The van der Waals surface area contributed by atoms with Gasteiger partial charge in [-0.2, -0.15) is 0 Å². The molecule has 0 amide bonds. The number of furan rings is 1. The van der Waals surface area contributed by atoms with Gasteiger partial charge in [0, 0.05) is 75.9 Å². The van der Waals surface area contributed by atoms with Gasteiger partial charge in [-0.15, -0.1) is 11.3 Å². The maximum atomic E-state index is 6.58. The first kappa shape index (κ1) is 39.8. The molecule has 0 unspecified atom stereocenters. The van der Waals surface area contributed by atoms with Crippen molar-refractivity contribution in [1.29, 1.82) is 0 Å². The smallest absolute Gasteiger partial charge is 0.198 e. The van der Waals surface area contributed by atoms with Crippen LogP contribution in [0, 0.1) is 6.92 Å². The van der Waals surface area contributed by atoms with Crippen LogP contribution in [0.5, 0.6) is 0 Å². The zero-order valence-corrected chi connectivity index (χ0v) is 40.1. The number of nitrogens with one attached hydrogen (secondary N) is 1. The third-order valence-electron chi connectivity index (χ3n) is 15.3. The number of fused-ring (bicyclic) bond motifs is 12. The number of hydrogen-bond donors (Lipinski definition) is 1. The SMILES string of the molecule is Cc1cc(-c2cc3sc4cc5c(cc4c3cc2Nc2ccc(C(C)(C)C)cc2)C(C)(C)CCC5(C)C)c2c3c1c1cc4c(cc1n3-c1ccc(C(C)(C)C)cc1B2)oc1ccccc14. The van der Waals surface area contributed by atoms with Gasteiger partial charge in [-0.05, 0) is 135 Å². The summed E-state index contributed by atoms with van der Waals surface area (Å²) >= 11 is 1.96. The first-order valence-corrected chi connectivity index (χ1v) is 24.1. The van der Waals surface area contributed by atoms with Gasteiger partial charge in [0.05, 0.1) is 5.52 Å². The molecule has 7 aromatic carbocycles. The van der Waals surface area contributed by atoms with Gasteiger partial charge in [-0.25, -0.2) is 0 Å². The predicted octanol–water partition coefficient (Wildman–Crippen LogP) is 15.4. The highest BCUT2D eigenvalue weighted by atomic mass is 32.1. The van der Waals surface area contributed by atoms with E-state index in [1.165, 1.54) is 116 Å². The summed E-state index contributed by atoms with van der Waals surface area (Å²) in [6.07, 6.45) is 2.41. The van der Waals surface area contributed by atoms with E-state index in [0.717, 1.165) is 35.2 Å². The fourth-order valence-electron chi connectivity index (χ4n) is 11.4. The Balaban J connectivity index is 1.16. The summed E-state index contributed by atoms with van der Waals surface area (Å²) in [5, 5.41) is 11.7. The van der Waals surface area contributed by atoms with Crippen molar-refractivity contribution in [3.63, 3.8) is 0 Å². The largest absolute Gasteiger partial charge is 0.456 e. The van der Waals surface area contributed by atoms with E-state index in [4.69, 9.17) is 4.42 Å². The molecule has 0 saturated carbocycles. The van der Waals surface area contributed by atoms with Gasteiger partial charge >= 0.3 is 0 Å². The lowest BCUT2D eigenvalue weighted by atomic mass is 9.58. The maximum Gasteiger partial charge on any atom is 0.198 e. The van der Waals surface area contributed by atoms with Crippen LogP contribution < -0.4 is 16.2 Å². The van der Waals surface area contributed by atoms with Crippen LogP contribution >= 0.6 is 11.3 Å². The molecular weight excluding hydrogens is 796 g/mol. The number of benzene rings is 7. The molecule has 3 aromatic heterocycles. The zero-order valence-electron chi connectivity index (χ0n) is 39.3. The highest BCUT2D eigenvalue weighted by Crippen LogP contribution is 2.51. The van der Waals surface area contributed by atoms with Gasteiger partial charge in [0.1, 0.15) is 11.2 Å². The first-order chi connectivity index (χ1) is 30.3. The summed E-state index contributed by atoms with van der Waals surface area (Å²) in [4.78, 5) is 0. The molecule has 0 atom stereocenters. The van der Waals surface area contributed by atoms with E-state index in [2.05, 4.69) is 195 Å². The Morgan fingerprint density at radius 1 is 0.625 bits per heavy atom. The zero-order chi connectivity index (χ0) is 44.4. The molecule has 0 saturated heterocycles. The van der Waals surface area contributed by atoms with E-state index >= 15 is 0 Å². The molecule has 0 radical (unpaired) electrons. The van der Waals surface area contributed by atoms with E-state index in [1.54, 1.807) is 0 Å². The van der Waals surface area contributed by atoms with E-state index in [9.17, 15) is 0 Å². The van der Waals surface area contributed by atoms with E-state index < -0.39 is 0 Å². The van der Waals surface area contributed by atoms with E-state index in [1.807, 2.05) is 11.3 Å². The Kier molecular flexibility index (Phi) is 8.18. The summed E-state index contributed by atoms with van der Waals surface area (Å²) in [7, 11) is 0.849. The minimum atomic E-state index is 0.0232. The lowest BCUT2D eigenvalue weighted by Crippen LogP contribution is -2.38. The number of anilines is 2. The van der Waals surface area contributed by atoms with Crippen LogP contribution in [0.2, 0.25) is 0 Å². The van der Waals surface area contributed by atoms with Crippen LogP contribution in [-0.2, 0) is 21.7 Å². The van der Waals surface area contributed by atoms with E-state index in [0.29, 0.717) is 0 Å². The molecule has 4 heterocycles. The Morgan fingerprint density at radius 3 is 2.03 bits per heavy atom. The van der Waals surface area contributed by atoms with Gasteiger partial charge in [0.15, 0.2) is 7.28 Å². The molecule has 2 aliphatic rings. The lowest BCUT2D eigenvalue weighted by Gasteiger charge is -2.41. The minimum absolute atomic E-state index is 0.0232. The number of aryl methyl sites for hydroxylation is 1. The maximum absolute atomic E-state index is 6.58. The van der Waals surface area contributed by atoms with Crippen LogP contribution in [0.1, 0.15) is 110 Å². The summed E-state index contributed by atoms with van der Waals surface area (Å²) in [5.74, 6) is 0. The topological polar surface area (TPSA) is 30.1 Å². The number of rotatable bonds is 3. The second-order valence-electron chi connectivity index (χ2n) is 22.6. The molecule has 0 spiro atoms. The molecular formula is C59H57BN2OS. The second-order valence-corrected chi connectivity index (χ2v) is 23.7. The van der Waals surface area contributed by atoms with Gasteiger partial charge in [0.25, 0.3) is 0 Å². The molecule has 5 heteroatoms. The Morgan fingerprint density at radius 2 is 1.30 bits per heavy atom. The summed E-state index contributed by atoms with van der Waals surface area (Å²) in [6, 6.07) is 42.1.